The van der Waals surface area contributed by atoms with Gasteiger partial charge in [-0.25, -0.2) is 4.79 Å². The van der Waals surface area contributed by atoms with Gasteiger partial charge in [0.25, 0.3) is 11.8 Å². The number of aliphatic hydroxyl groups excluding tert-OH is 1. The molecule has 12 nitrogen and oxygen atoms in total. The molecule has 1 aromatic heterocycles. The van der Waals surface area contributed by atoms with E-state index in [1.165, 1.54) is 23.4 Å². The zero-order chi connectivity index (χ0) is 30.2. The number of hydrogen-bond donors (Lipinski definition) is 4. The third-order valence-electron chi connectivity index (χ3n) is 6.43. The Morgan fingerprint density at radius 2 is 1.80 bits per heavy atom. The number of primary amides is 1. The molecule has 0 aliphatic carbocycles. The lowest BCUT2D eigenvalue weighted by Crippen LogP contribution is -2.58. The second-order valence-corrected chi connectivity index (χ2v) is 10.9. The molecular weight excluding hydrogens is 530 g/mol. The average molecular weight is 568 g/mol. The maximum absolute atomic E-state index is 13.5. The lowest BCUT2D eigenvalue weighted by Gasteiger charge is -2.32. The van der Waals surface area contributed by atoms with E-state index in [1.54, 1.807) is 57.2 Å². The molecule has 0 bridgehead atoms. The molecule has 4 amide bonds. The Hall–Kier alpha value is -4.32. The van der Waals surface area contributed by atoms with E-state index in [0.29, 0.717) is 18.4 Å². The van der Waals surface area contributed by atoms with Crippen LogP contribution in [-0.2, 0) is 30.3 Å². The number of benzene rings is 1. The number of carbonyl (C=O) groups is 5. The van der Waals surface area contributed by atoms with Crippen molar-refractivity contribution in [3.8, 4) is 0 Å². The lowest BCUT2D eigenvalue weighted by molar-refractivity contribution is -0.165. The van der Waals surface area contributed by atoms with Crippen molar-refractivity contribution in [1.29, 1.82) is 0 Å². The molecule has 0 radical (unpaired) electrons. The number of aliphatic hydroxyl groups is 1. The largest absolute Gasteiger partial charge is 0.458 e. The van der Waals surface area contributed by atoms with Crippen molar-refractivity contribution >= 4 is 29.6 Å². The van der Waals surface area contributed by atoms with Gasteiger partial charge in [0.2, 0.25) is 11.8 Å². The SMILES string of the molecule is CC(C)(C)OC(=O)[C@@H]1CCCN1C(=O)C(O)[C@H](Cc1ccccc1)NC(=O)[C@H](CC(N)=O)NC(=O)c1cccnc1. The molecule has 4 atom stereocenters. The summed E-state index contributed by atoms with van der Waals surface area (Å²) in [6.45, 7) is 5.41. The number of nitrogens with zero attached hydrogens (tertiary/aromatic N) is 2. The first kappa shape index (κ1) is 31.2. The normalized spacial score (nSPS) is 17.2. The summed E-state index contributed by atoms with van der Waals surface area (Å²) in [4.78, 5) is 69.3. The molecule has 1 aliphatic rings. The highest BCUT2D eigenvalue weighted by molar-refractivity contribution is 5.99. The van der Waals surface area contributed by atoms with E-state index in [0.717, 1.165) is 0 Å². The second-order valence-electron chi connectivity index (χ2n) is 10.9. The quantitative estimate of drug-likeness (QED) is 0.283. The number of nitrogens with one attached hydrogen (secondary N) is 2. The van der Waals surface area contributed by atoms with Crippen molar-refractivity contribution in [3.63, 3.8) is 0 Å². The molecule has 12 heteroatoms. The van der Waals surface area contributed by atoms with Gasteiger partial charge in [-0.05, 0) is 57.7 Å². The topological polar surface area (TPSA) is 181 Å². The second kappa shape index (κ2) is 13.8. The molecule has 1 aromatic carbocycles. The maximum atomic E-state index is 13.5. The van der Waals surface area contributed by atoms with E-state index in [2.05, 4.69) is 15.6 Å². The van der Waals surface area contributed by atoms with Gasteiger partial charge in [0, 0.05) is 18.9 Å². The summed E-state index contributed by atoms with van der Waals surface area (Å²) < 4.78 is 5.47. The van der Waals surface area contributed by atoms with Gasteiger partial charge in [-0.2, -0.15) is 0 Å². The van der Waals surface area contributed by atoms with Crippen LogP contribution < -0.4 is 16.4 Å². The predicted molar refractivity (Wildman–Crippen MR) is 148 cm³/mol. The summed E-state index contributed by atoms with van der Waals surface area (Å²) in [7, 11) is 0. The number of nitrogens with two attached hydrogens (primary N) is 1. The van der Waals surface area contributed by atoms with E-state index in [-0.39, 0.29) is 18.5 Å². The van der Waals surface area contributed by atoms with Gasteiger partial charge in [0.05, 0.1) is 18.0 Å². The van der Waals surface area contributed by atoms with Crippen molar-refractivity contribution in [2.45, 2.75) is 76.3 Å². The third-order valence-corrected chi connectivity index (χ3v) is 6.43. The molecule has 3 rings (SSSR count). The molecule has 5 N–H and O–H groups in total. The van der Waals surface area contributed by atoms with Gasteiger partial charge in [0.15, 0.2) is 6.10 Å². The highest BCUT2D eigenvalue weighted by Gasteiger charge is 2.41. The number of hydrogen-bond acceptors (Lipinski definition) is 8. The van der Waals surface area contributed by atoms with Crippen molar-refractivity contribution in [3.05, 3.63) is 66.0 Å². The monoisotopic (exact) mass is 567 g/mol. The Bertz CT molecular complexity index is 1230. The first-order valence-corrected chi connectivity index (χ1v) is 13.4. The van der Waals surface area contributed by atoms with E-state index in [9.17, 15) is 29.1 Å². The van der Waals surface area contributed by atoms with Gasteiger partial charge in [-0.1, -0.05) is 30.3 Å². The molecule has 220 valence electrons. The first-order valence-electron chi connectivity index (χ1n) is 13.4. The van der Waals surface area contributed by atoms with Gasteiger partial charge in [-0.3, -0.25) is 24.2 Å². The molecule has 41 heavy (non-hydrogen) atoms. The Kier molecular flexibility index (Phi) is 10.5. The fraction of sp³-hybridized carbons (Fsp3) is 0.448. The number of carbonyl (C=O) groups excluding carboxylic acids is 5. The summed E-state index contributed by atoms with van der Waals surface area (Å²) in [6.07, 6.45) is 1.47. The van der Waals surface area contributed by atoms with Crippen LogP contribution in [0.25, 0.3) is 0 Å². The van der Waals surface area contributed by atoms with Crippen LogP contribution in [-0.4, -0.2) is 81.0 Å². The maximum Gasteiger partial charge on any atom is 0.329 e. The Morgan fingerprint density at radius 3 is 2.41 bits per heavy atom. The van der Waals surface area contributed by atoms with Crippen LogP contribution in [0.1, 0.15) is 56.0 Å². The third kappa shape index (κ3) is 9.10. The number of rotatable bonds is 11. The van der Waals surface area contributed by atoms with Crippen molar-refractivity contribution < 1.29 is 33.8 Å². The fourth-order valence-corrected chi connectivity index (χ4v) is 4.53. The number of likely N-dealkylation sites (tertiary alicyclic amines) is 1. The number of amides is 4. The molecule has 0 spiro atoms. The van der Waals surface area contributed by atoms with Gasteiger partial charge in [-0.15, -0.1) is 0 Å². The Labute approximate surface area is 238 Å². The summed E-state index contributed by atoms with van der Waals surface area (Å²) in [6, 6.07) is 8.47. The van der Waals surface area contributed by atoms with E-state index in [1.807, 2.05) is 0 Å². The zero-order valence-electron chi connectivity index (χ0n) is 23.4. The van der Waals surface area contributed by atoms with Crippen LogP contribution in [0, 0.1) is 0 Å². The van der Waals surface area contributed by atoms with E-state index < -0.39 is 65.8 Å². The molecule has 1 unspecified atom stereocenters. The standard InChI is InChI=1S/C29H37N5O7/c1-29(2,3)41-28(40)22-12-8-14-34(22)27(39)24(36)20(15-18-9-5-4-6-10-18)32-26(38)21(16-23(30)35)33-25(37)19-11-7-13-31-17-19/h4-7,9-11,13,17,20-22,24,36H,8,12,14-16H2,1-3H3,(H2,30,35)(H,32,38)(H,33,37)/t20-,21-,22-,24?/m0/s1. The number of aromatic nitrogens is 1. The smallest absolute Gasteiger partial charge is 0.329 e. The molecule has 0 saturated carbocycles. The van der Waals surface area contributed by atoms with Crippen LogP contribution in [0.2, 0.25) is 0 Å². The minimum Gasteiger partial charge on any atom is -0.458 e. The van der Waals surface area contributed by atoms with E-state index >= 15 is 0 Å². The molecule has 1 saturated heterocycles. The molecule has 2 aromatic rings. The Morgan fingerprint density at radius 1 is 1.10 bits per heavy atom. The van der Waals surface area contributed by atoms with Crippen molar-refractivity contribution in [1.82, 2.24) is 20.5 Å². The number of ether oxygens (including phenoxy) is 1. The molecule has 2 heterocycles. The minimum absolute atomic E-state index is 0.0459. The van der Waals surface area contributed by atoms with Crippen LogP contribution >= 0.6 is 0 Å². The molecule has 1 fully saturated rings. The summed E-state index contributed by atoms with van der Waals surface area (Å²) in [5.74, 6) is -3.64. The van der Waals surface area contributed by atoms with Gasteiger partial charge >= 0.3 is 5.97 Å². The predicted octanol–water partition coefficient (Wildman–Crippen LogP) is 0.477. The van der Waals surface area contributed by atoms with Crippen LogP contribution in [0.3, 0.4) is 0 Å². The van der Waals surface area contributed by atoms with Crippen LogP contribution in [0.4, 0.5) is 0 Å². The minimum atomic E-state index is -1.74. The highest BCUT2D eigenvalue weighted by atomic mass is 16.6. The number of esters is 1. The highest BCUT2D eigenvalue weighted by Crippen LogP contribution is 2.23. The lowest BCUT2D eigenvalue weighted by atomic mass is 9.99. The van der Waals surface area contributed by atoms with Crippen LogP contribution in [0.5, 0.6) is 0 Å². The molecular formula is C29H37N5O7. The first-order chi connectivity index (χ1) is 19.4. The van der Waals surface area contributed by atoms with Crippen molar-refractivity contribution in [2.75, 3.05) is 6.54 Å². The number of pyridine rings is 1. The van der Waals surface area contributed by atoms with Crippen LogP contribution in [0.15, 0.2) is 54.9 Å². The Balaban J connectivity index is 1.82. The van der Waals surface area contributed by atoms with Crippen molar-refractivity contribution in [2.24, 2.45) is 5.73 Å². The van der Waals surface area contributed by atoms with Gasteiger partial charge < -0.3 is 31.1 Å². The van der Waals surface area contributed by atoms with Gasteiger partial charge in [0.1, 0.15) is 17.7 Å². The zero-order valence-corrected chi connectivity index (χ0v) is 23.4. The summed E-state index contributed by atoms with van der Waals surface area (Å²) >= 11 is 0. The van der Waals surface area contributed by atoms with E-state index in [4.69, 9.17) is 10.5 Å². The average Bonchev–Trinajstić information content (AvgIpc) is 3.42. The summed E-state index contributed by atoms with van der Waals surface area (Å²) in [5, 5.41) is 16.4. The molecule has 1 aliphatic heterocycles. The fourth-order valence-electron chi connectivity index (χ4n) is 4.53. The summed E-state index contributed by atoms with van der Waals surface area (Å²) in [5.41, 5.74) is 5.45.